The topological polar surface area (TPSA) is 93.9 Å². The highest BCUT2D eigenvalue weighted by molar-refractivity contribution is 7.22. The second kappa shape index (κ2) is 8.84. The smallest absolute Gasteiger partial charge is 0.313 e. The Labute approximate surface area is 194 Å². The fourth-order valence-electron chi connectivity index (χ4n) is 3.91. The van der Waals surface area contributed by atoms with Gasteiger partial charge in [0.1, 0.15) is 0 Å². The maximum absolute atomic E-state index is 11.9. The molecule has 2 aliphatic rings. The van der Waals surface area contributed by atoms with Crippen molar-refractivity contribution in [1.29, 1.82) is 0 Å². The summed E-state index contributed by atoms with van der Waals surface area (Å²) in [6.07, 6.45) is 1.95. The lowest BCUT2D eigenvalue weighted by atomic mass is 10.1. The second-order valence-electron chi connectivity index (χ2n) is 10.1. The highest BCUT2D eigenvalue weighted by atomic mass is 32.1. The Bertz CT molecular complexity index is 986. The van der Waals surface area contributed by atoms with E-state index >= 15 is 0 Å². The van der Waals surface area contributed by atoms with Crippen LogP contribution in [0.15, 0.2) is 6.07 Å². The van der Waals surface area contributed by atoms with Crippen LogP contribution in [0, 0.1) is 10.1 Å². The highest BCUT2D eigenvalue weighted by Crippen LogP contribution is 2.40. The Morgan fingerprint density at radius 3 is 2.59 bits per heavy atom. The summed E-state index contributed by atoms with van der Waals surface area (Å²) in [5.74, 6) is 0.407. The molecule has 176 valence electrons. The quantitative estimate of drug-likeness (QED) is 0.353. The van der Waals surface area contributed by atoms with Gasteiger partial charge >= 0.3 is 5.69 Å². The van der Waals surface area contributed by atoms with Crippen LogP contribution in [0.4, 0.5) is 16.6 Å². The maximum Gasteiger partial charge on any atom is 0.313 e. The fraction of sp³-hybridized carbons (Fsp3) is 0.714. The molecule has 11 heteroatoms. The zero-order chi connectivity index (χ0) is 23.1. The number of hydrogen-bond donors (Lipinski definition) is 0. The molecule has 0 aromatic carbocycles. The summed E-state index contributed by atoms with van der Waals surface area (Å²) in [5, 5.41) is 12.9. The van der Waals surface area contributed by atoms with Gasteiger partial charge in [-0.15, -0.1) is 0 Å². The van der Waals surface area contributed by atoms with Crippen molar-refractivity contribution in [1.82, 2.24) is 9.97 Å². The van der Waals surface area contributed by atoms with Gasteiger partial charge in [-0.05, 0) is 31.0 Å². The molecule has 4 heterocycles. The minimum Gasteiger partial charge on any atom is -0.412 e. The van der Waals surface area contributed by atoms with Gasteiger partial charge in [0.15, 0.2) is 19.1 Å². The highest BCUT2D eigenvalue weighted by Gasteiger charge is 2.40. The molecule has 1 atom stereocenters. The predicted octanol–water partition coefficient (Wildman–Crippen LogP) is 4.43. The van der Waals surface area contributed by atoms with E-state index < -0.39 is 8.32 Å². The molecule has 2 aromatic heterocycles. The van der Waals surface area contributed by atoms with Gasteiger partial charge in [0, 0.05) is 32.2 Å². The zero-order valence-corrected chi connectivity index (χ0v) is 21.4. The van der Waals surface area contributed by atoms with Crippen molar-refractivity contribution >= 4 is 46.6 Å². The molecular weight excluding hydrogens is 446 g/mol. The van der Waals surface area contributed by atoms with Crippen LogP contribution in [-0.2, 0) is 9.16 Å². The van der Waals surface area contributed by atoms with Crippen molar-refractivity contribution in [2.75, 3.05) is 49.2 Å². The molecule has 2 aliphatic heterocycles. The van der Waals surface area contributed by atoms with Crippen LogP contribution >= 0.6 is 11.3 Å². The minimum absolute atomic E-state index is 0.0441. The summed E-state index contributed by atoms with van der Waals surface area (Å²) in [6, 6.07) is 1.64. The molecule has 32 heavy (non-hydrogen) atoms. The van der Waals surface area contributed by atoms with E-state index in [9.17, 15) is 10.1 Å². The molecule has 0 saturated carbocycles. The number of aromatic nitrogens is 2. The van der Waals surface area contributed by atoms with Gasteiger partial charge in [-0.25, -0.2) is 4.98 Å². The van der Waals surface area contributed by atoms with E-state index in [0.29, 0.717) is 31.2 Å². The van der Waals surface area contributed by atoms with Gasteiger partial charge in [-0.3, -0.25) is 10.1 Å². The van der Waals surface area contributed by atoms with Crippen LogP contribution in [0.1, 0.15) is 33.6 Å². The number of thiazole rings is 1. The van der Waals surface area contributed by atoms with Gasteiger partial charge in [0.25, 0.3) is 0 Å². The molecule has 0 radical (unpaired) electrons. The normalized spacial score (nSPS) is 20.7. The lowest BCUT2D eigenvalue weighted by molar-refractivity contribution is -0.384. The molecule has 0 N–H and O–H groups in total. The third-order valence-electron chi connectivity index (χ3n) is 6.76. The first kappa shape index (κ1) is 23.3. The van der Waals surface area contributed by atoms with E-state index in [1.165, 1.54) is 11.3 Å². The minimum atomic E-state index is -1.93. The monoisotopic (exact) mass is 479 g/mol. The summed E-state index contributed by atoms with van der Waals surface area (Å²) in [7, 11) is -1.93. The SMILES string of the molecule is CC(C)(C)[Si](C)(C)O[C@@H]1CCCN(c2nc3nc(N4CCOCC4)sc3cc2[N+](=O)[O-])C1. The molecule has 2 saturated heterocycles. The number of rotatable bonds is 5. The number of morpholine rings is 1. The first-order valence-corrected chi connectivity index (χ1v) is 15.0. The maximum atomic E-state index is 11.9. The molecule has 0 spiro atoms. The Morgan fingerprint density at radius 1 is 1.22 bits per heavy atom. The van der Waals surface area contributed by atoms with Crippen LogP contribution in [0.25, 0.3) is 10.3 Å². The molecule has 0 unspecified atom stereocenters. The van der Waals surface area contributed by atoms with Crippen LogP contribution in [-0.4, -0.2) is 68.7 Å². The van der Waals surface area contributed by atoms with Gasteiger partial charge in [-0.2, -0.15) is 4.98 Å². The van der Waals surface area contributed by atoms with E-state index in [0.717, 1.165) is 42.3 Å². The van der Waals surface area contributed by atoms with Crippen LogP contribution in [0.2, 0.25) is 18.1 Å². The van der Waals surface area contributed by atoms with E-state index in [2.05, 4.69) is 38.8 Å². The summed E-state index contributed by atoms with van der Waals surface area (Å²) < 4.78 is 12.8. The third kappa shape index (κ3) is 4.75. The molecule has 2 fully saturated rings. The van der Waals surface area contributed by atoms with Crippen molar-refractivity contribution in [3.8, 4) is 0 Å². The summed E-state index contributed by atoms with van der Waals surface area (Å²) >= 11 is 1.46. The number of piperidine rings is 1. The first-order chi connectivity index (χ1) is 15.0. The number of nitrogens with zero attached hydrogens (tertiary/aromatic N) is 5. The van der Waals surface area contributed by atoms with Crippen molar-refractivity contribution < 1.29 is 14.1 Å². The number of fused-ring (bicyclic) bond motifs is 1. The summed E-state index contributed by atoms with van der Waals surface area (Å²) in [4.78, 5) is 25.2. The first-order valence-electron chi connectivity index (χ1n) is 11.3. The van der Waals surface area contributed by atoms with E-state index in [1.54, 1.807) is 6.07 Å². The third-order valence-corrected chi connectivity index (χ3v) is 12.3. The van der Waals surface area contributed by atoms with E-state index in [1.807, 2.05) is 4.90 Å². The van der Waals surface area contributed by atoms with Gasteiger partial charge in [0.05, 0.1) is 28.9 Å². The summed E-state index contributed by atoms with van der Waals surface area (Å²) in [5.41, 5.74) is 0.618. The molecule has 9 nitrogen and oxygen atoms in total. The Morgan fingerprint density at radius 2 is 1.94 bits per heavy atom. The zero-order valence-electron chi connectivity index (χ0n) is 19.6. The largest absolute Gasteiger partial charge is 0.412 e. The van der Waals surface area contributed by atoms with Gasteiger partial charge < -0.3 is 19.0 Å². The number of nitro groups is 1. The number of pyridine rings is 1. The van der Waals surface area contributed by atoms with Crippen molar-refractivity contribution in [3.05, 3.63) is 16.2 Å². The number of hydrogen-bond acceptors (Lipinski definition) is 9. The molecular formula is C21H33N5O4SSi. The van der Waals surface area contributed by atoms with Crippen LogP contribution < -0.4 is 9.80 Å². The molecule has 2 aromatic rings. The Balaban J connectivity index is 1.61. The van der Waals surface area contributed by atoms with Gasteiger partial charge in [0.2, 0.25) is 5.82 Å². The number of anilines is 2. The van der Waals surface area contributed by atoms with Gasteiger partial charge in [-0.1, -0.05) is 32.1 Å². The average Bonchev–Trinajstić information content (AvgIpc) is 3.15. The van der Waals surface area contributed by atoms with Crippen molar-refractivity contribution in [3.63, 3.8) is 0 Å². The average molecular weight is 480 g/mol. The lowest BCUT2D eigenvalue weighted by Gasteiger charge is -2.42. The van der Waals surface area contributed by atoms with Crippen LogP contribution in [0.5, 0.6) is 0 Å². The van der Waals surface area contributed by atoms with E-state index in [-0.39, 0.29) is 21.8 Å². The lowest BCUT2D eigenvalue weighted by Crippen LogP contribution is -2.49. The molecule has 0 amide bonds. The Kier molecular flexibility index (Phi) is 6.45. The predicted molar refractivity (Wildman–Crippen MR) is 131 cm³/mol. The number of ether oxygens (including phenoxy) is 1. The van der Waals surface area contributed by atoms with Crippen molar-refractivity contribution in [2.24, 2.45) is 0 Å². The fourth-order valence-corrected chi connectivity index (χ4v) is 6.28. The van der Waals surface area contributed by atoms with Crippen molar-refractivity contribution in [2.45, 2.75) is 57.8 Å². The van der Waals surface area contributed by atoms with Crippen LogP contribution in [0.3, 0.4) is 0 Å². The summed E-state index contributed by atoms with van der Waals surface area (Å²) in [6.45, 7) is 15.4. The molecule has 4 rings (SSSR count). The Hall–Kier alpha value is -1.82. The second-order valence-corrected chi connectivity index (χ2v) is 15.9. The van der Waals surface area contributed by atoms with E-state index in [4.69, 9.17) is 19.1 Å². The molecule has 0 bridgehead atoms. The molecule has 0 aliphatic carbocycles. The standard InChI is InChI=1S/C21H33N5O4SSi/c1-21(2,3)32(4,5)30-15-7-6-8-25(14-15)19-16(26(27)28)13-17-18(22-19)23-20(31-17)24-9-11-29-12-10-24/h13,15H,6-12,14H2,1-5H3/t15-/m1/s1.